The van der Waals surface area contributed by atoms with Gasteiger partial charge in [-0.05, 0) is 61.4 Å². The smallest absolute Gasteiger partial charge is 0.222 e. The Morgan fingerprint density at radius 1 is 1.07 bits per heavy atom. The van der Waals surface area contributed by atoms with Crippen LogP contribution in [-0.4, -0.2) is 49.4 Å². The second kappa shape index (κ2) is 8.31. The molecule has 0 radical (unpaired) electrons. The highest BCUT2D eigenvalue weighted by atomic mass is 35.5. The summed E-state index contributed by atoms with van der Waals surface area (Å²) in [6.07, 6.45) is -0.436. The summed E-state index contributed by atoms with van der Waals surface area (Å²) in [7, 11) is 0. The van der Waals surface area contributed by atoms with Crippen LogP contribution in [0.3, 0.4) is 0 Å². The van der Waals surface area contributed by atoms with Crippen LogP contribution in [0.4, 0.5) is 11.4 Å². The molecule has 2 aromatic rings. The molecule has 7 nitrogen and oxygen atoms in total. The fourth-order valence-corrected chi connectivity index (χ4v) is 3.51. The molecular weight excluding hydrogens is 388 g/mol. The van der Waals surface area contributed by atoms with Crippen molar-refractivity contribution < 1.29 is 4.74 Å². The molecule has 2 heterocycles. The number of nitrogens with one attached hydrogen (secondary N) is 1. The van der Waals surface area contributed by atoms with Crippen LogP contribution in [-0.2, 0) is 4.74 Å². The molecule has 1 fully saturated rings. The quantitative estimate of drug-likeness (QED) is 0.809. The molecule has 0 spiro atoms. The van der Waals surface area contributed by atoms with Crippen LogP contribution >= 0.6 is 11.6 Å². The molecule has 3 N–H and O–H groups in total. The van der Waals surface area contributed by atoms with E-state index in [0.717, 1.165) is 30.4 Å². The van der Waals surface area contributed by atoms with Crippen LogP contribution in [0.5, 0.6) is 0 Å². The van der Waals surface area contributed by atoms with Crippen LogP contribution in [0, 0.1) is 13.8 Å². The molecule has 8 heteroatoms. The first-order chi connectivity index (χ1) is 14.0. The van der Waals surface area contributed by atoms with E-state index in [0.29, 0.717) is 18.2 Å². The molecule has 0 aromatic heterocycles. The first kappa shape index (κ1) is 19.5. The fraction of sp³-hybridized carbons (Fsp3) is 0.333. The molecule has 4 rings (SSSR count). The maximum Gasteiger partial charge on any atom is 0.222 e. The van der Waals surface area contributed by atoms with E-state index in [1.165, 1.54) is 11.1 Å². The van der Waals surface area contributed by atoms with E-state index in [1.54, 1.807) is 0 Å². The summed E-state index contributed by atoms with van der Waals surface area (Å²) >= 11 is 6.04. The number of rotatable bonds is 3. The van der Waals surface area contributed by atoms with Gasteiger partial charge in [0.2, 0.25) is 18.2 Å². The van der Waals surface area contributed by atoms with Crippen LogP contribution in [0.15, 0.2) is 52.4 Å². The topological polar surface area (TPSA) is 78.5 Å². The summed E-state index contributed by atoms with van der Waals surface area (Å²) in [5, 5.41) is 4.14. The summed E-state index contributed by atoms with van der Waals surface area (Å²) < 4.78 is 5.52. The van der Waals surface area contributed by atoms with Crippen LogP contribution in [0.25, 0.3) is 0 Å². The van der Waals surface area contributed by atoms with Crippen molar-refractivity contribution in [2.75, 3.05) is 36.5 Å². The van der Waals surface area contributed by atoms with E-state index in [4.69, 9.17) is 22.1 Å². The highest BCUT2D eigenvalue weighted by Crippen LogP contribution is 2.26. The maximum absolute atomic E-state index is 6.11. The highest BCUT2D eigenvalue weighted by molar-refractivity contribution is 6.30. The number of morpholine rings is 1. The van der Waals surface area contributed by atoms with Crippen molar-refractivity contribution in [3.8, 4) is 0 Å². The Morgan fingerprint density at radius 2 is 1.79 bits per heavy atom. The lowest BCUT2D eigenvalue weighted by Crippen LogP contribution is -2.57. The number of ether oxygens (including phenoxy) is 1. The molecule has 0 bridgehead atoms. The van der Waals surface area contributed by atoms with Crippen molar-refractivity contribution in [3.63, 3.8) is 0 Å². The van der Waals surface area contributed by atoms with Gasteiger partial charge in [-0.15, -0.1) is 0 Å². The molecular formula is C21H25ClN6O. The van der Waals surface area contributed by atoms with Gasteiger partial charge in [0.05, 0.1) is 13.2 Å². The standard InChI is InChI=1S/C21H25ClN6O/c1-14-3-8-18(13-15(14)2)28-20(24-17-6-4-16(22)5-7-17)25-19(23)26-21(28)27-9-11-29-12-10-27/h3-8,13,20,24H,9-12H2,1-2H3,(H2,23,25). The number of nitrogens with zero attached hydrogens (tertiary/aromatic N) is 4. The number of hydrogen-bond donors (Lipinski definition) is 2. The van der Waals surface area contributed by atoms with Gasteiger partial charge in [0.1, 0.15) is 0 Å². The summed E-state index contributed by atoms with van der Waals surface area (Å²) in [4.78, 5) is 13.5. The number of anilines is 2. The lowest BCUT2D eigenvalue weighted by atomic mass is 10.1. The third-order valence-electron chi connectivity index (χ3n) is 5.13. The van der Waals surface area contributed by atoms with Crippen molar-refractivity contribution in [1.29, 1.82) is 0 Å². The zero-order valence-corrected chi connectivity index (χ0v) is 17.4. The first-order valence-electron chi connectivity index (χ1n) is 9.64. The number of nitrogens with two attached hydrogens (primary N) is 1. The normalized spacial score (nSPS) is 19.6. The van der Waals surface area contributed by atoms with Crippen molar-refractivity contribution in [2.24, 2.45) is 15.7 Å². The van der Waals surface area contributed by atoms with E-state index in [2.05, 4.69) is 57.1 Å². The first-order valence-corrected chi connectivity index (χ1v) is 10.0. The van der Waals surface area contributed by atoms with Gasteiger partial charge in [-0.1, -0.05) is 17.7 Å². The van der Waals surface area contributed by atoms with Gasteiger partial charge in [-0.3, -0.25) is 4.90 Å². The summed E-state index contributed by atoms with van der Waals surface area (Å²) in [6.45, 7) is 7.03. The van der Waals surface area contributed by atoms with Crippen molar-refractivity contribution in [2.45, 2.75) is 20.1 Å². The molecule has 1 saturated heterocycles. The van der Waals surface area contributed by atoms with E-state index in [-0.39, 0.29) is 5.96 Å². The van der Waals surface area contributed by atoms with Crippen LogP contribution in [0.1, 0.15) is 11.1 Å². The molecule has 1 atom stereocenters. The minimum Gasteiger partial charge on any atom is -0.378 e. The predicted molar refractivity (Wildman–Crippen MR) is 119 cm³/mol. The Morgan fingerprint density at radius 3 is 2.48 bits per heavy atom. The summed E-state index contributed by atoms with van der Waals surface area (Å²) in [5.74, 6) is 1.02. The average Bonchev–Trinajstić information content (AvgIpc) is 2.72. The lowest BCUT2D eigenvalue weighted by Gasteiger charge is -2.41. The Labute approximate surface area is 175 Å². The zero-order chi connectivity index (χ0) is 20.4. The number of hydrogen-bond acceptors (Lipinski definition) is 7. The second-order valence-corrected chi connectivity index (χ2v) is 7.60. The molecule has 2 aliphatic heterocycles. The SMILES string of the molecule is Cc1ccc(N2C(N3CCOCC3)=NC(N)=NC2Nc2ccc(Cl)cc2)cc1C. The number of halogens is 1. The van der Waals surface area contributed by atoms with Gasteiger partial charge < -0.3 is 20.7 Å². The Kier molecular flexibility index (Phi) is 5.60. The van der Waals surface area contributed by atoms with Crippen molar-refractivity contribution in [3.05, 3.63) is 58.6 Å². The van der Waals surface area contributed by atoms with Gasteiger partial charge >= 0.3 is 0 Å². The predicted octanol–water partition coefficient (Wildman–Crippen LogP) is 3.18. The fourth-order valence-electron chi connectivity index (χ4n) is 3.39. The van der Waals surface area contributed by atoms with Gasteiger partial charge in [0, 0.05) is 29.5 Å². The Balaban J connectivity index is 1.73. The molecule has 2 aliphatic rings. The van der Waals surface area contributed by atoms with Crippen molar-refractivity contribution >= 4 is 34.9 Å². The van der Waals surface area contributed by atoms with E-state index in [1.807, 2.05) is 24.3 Å². The second-order valence-electron chi connectivity index (χ2n) is 7.16. The average molecular weight is 413 g/mol. The molecule has 2 aromatic carbocycles. The zero-order valence-electron chi connectivity index (χ0n) is 16.6. The maximum atomic E-state index is 6.11. The highest BCUT2D eigenvalue weighted by Gasteiger charge is 2.32. The Bertz CT molecular complexity index is 937. The molecule has 0 aliphatic carbocycles. The van der Waals surface area contributed by atoms with Crippen molar-refractivity contribution in [1.82, 2.24) is 4.90 Å². The monoisotopic (exact) mass is 412 g/mol. The summed E-state index contributed by atoms with van der Waals surface area (Å²) in [5.41, 5.74) is 10.5. The van der Waals surface area contributed by atoms with E-state index < -0.39 is 6.29 Å². The number of aryl methyl sites for hydroxylation is 2. The van der Waals surface area contributed by atoms with Gasteiger partial charge in [0.15, 0.2) is 0 Å². The summed E-state index contributed by atoms with van der Waals surface area (Å²) in [6, 6.07) is 13.9. The van der Waals surface area contributed by atoms with Crippen LogP contribution < -0.4 is 16.0 Å². The number of benzene rings is 2. The lowest BCUT2D eigenvalue weighted by molar-refractivity contribution is 0.0671. The third kappa shape index (κ3) is 4.31. The molecule has 1 unspecified atom stereocenters. The molecule has 0 amide bonds. The minimum absolute atomic E-state index is 0.248. The third-order valence-corrected chi connectivity index (χ3v) is 5.38. The minimum atomic E-state index is -0.436. The number of guanidine groups is 2. The number of aliphatic imine (C=N–C) groups is 2. The van der Waals surface area contributed by atoms with Gasteiger partial charge in [-0.2, -0.15) is 4.99 Å². The molecule has 0 saturated carbocycles. The molecule has 152 valence electrons. The van der Waals surface area contributed by atoms with E-state index >= 15 is 0 Å². The Hall–Kier alpha value is -2.77. The van der Waals surface area contributed by atoms with Gasteiger partial charge in [0.25, 0.3) is 0 Å². The molecule has 29 heavy (non-hydrogen) atoms. The van der Waals surface area contributed by atoms with E-state index in [9.17, 15) is 0 Å². The van der Waals surface area contributed by atoms with Gasteiger partial charge in [-0.25, -0.2) is 4.99 Å². The largest absolute Gasteiger partial charge is 0.378 e. The van der Waals surface area contributed by atoms with Crippen LogP contribution in [0.2, 0.25) is 5.02 Å².